The van der Waals surface area contributed by atoms with Gasteiger partial charge in [-0.05, 0) is 36.8 Å². The minimum Gasteiger partial charge on any atom is -0.265 e. The third-order valence-electron chi connectivity index (χ3n) is 3.31. The molecule has 112 valence electrons. The number of hydrogen-bond donors (Lipinski definition) is 0. The molecule has 0 spiro atoms. The minimum absolute atomic E-state index is 0.0414. The number of thiazole rings is 1. The zero-order chi connectivity index (χ0) is 16.1. The Bertz CT molecular complexity index is 847. The van der Waals surface area contributed by atoms with Crippen molar-refractivity contribution in [3.05, 3.63) is 65.3 Å². The van der Waals surface area contributed by atoms with Gasteiger partial charge in [-0.3, -0.25) is 4.98 Å². The number of aromatic nitrogens is 2. The molecule has 1 atom stereocenters. The molecule has 0 fully saturated rings. The first-order valence-corrected chi connectivity index (χ1v) is 7.91. The lowest BCUT2D eigenvalue weighted by Crippen LogP contribution is -1.87. The molecule has 0 amide bonds. The highest BCUT2D eigenvalue weighted by Crippen LogP contribution is 2.28. The van der Waals surface area contributed by atoms with Gasteiger partial charge in [-0.2, -0.15) is 10.4 Å². The van der Waals surface area contributed by atoms with Gasteiger partial charge in [-0.1, -0.05) is 12.1 Å². The SMILES string of the molecule is CC(N=Nc1nc(-c2ccc(C#N)cc2)cs1)c1ccncc1. The van der Waals surface area contributed by atoms with Gasteiger partial charge in [0.15, 0.2) is 0 Å². The van der Waals surface area contributed by atoms with Gasteiger partial charge >= 0.3 is 0 Å². The third kappa shape index (κ3) is 3.65. The Morgan fingerprint density at radius 3 is 2.57 bits per heavy atom. The molecule has 0 saturated heterocycles. The summed E-state index contributed by atoms with van der Waals surface area (Å²) in [5.74, 6) is 0. The van der Waals surface area contributed by atoms with Crippen LogP contribution in [0.5, 0.6) is 0 Å². The van der Waals surface area contributed by atoms with E-state index in [1.54, 1.807) is 24.5 Å². The highest BCUT2D eigenvalue weighted by atomic mass is 32.1. The molecule has 0 radical (unpaired) electrons. The summed E-state index contributed by atoms with van der Waals surface area (Å²) < 4.78 is 0. The predicted molar refractivity (Wildman–Crippen MR) is 89.4 cm³/mol. The summed E-state index contributed by atoms with van der Waals surface area (Å²) >= 11 is 1.44. The number of nitrogens with zero attached hydrogens (tertiary/aromatic N) is 5. The molecule has 0 N–H and O–H groups in total. The Kier molecular flexibility index (Phi) is 4.50. The molecular weight excluding hydrogens is 306 g/mol. The lowest BCUT2D eigenvalue weighted by Gasteiger charge is -2.02. The van der Waals surface area contributed by atoms with Crippen LogP contribution >= 0.6 is 11.3 Å². The van der Waals surface area contributed by atoms with Crippen LogP contribution in [0.3, 0.4) is 0 Å². The van der Waals surface area contributed by atoms with Gasteiger partial charge in [0.1, 0.15) is 0 Å². The van der Waals surface area contributed by atoms with Crippen LogP contribution in [-0.2, 0) is 0 Å². The fourth-order valence-electron chi connectivity index (χ4n) is 2.00. The molecule has 6 heteroatoms. The molecule has 5 nitrogen and oxygen atoms in total. The Morgan fingerprint density at radius 1 is 1.13 bits per heavy atom. The second kappa shape index (κ2) is 6.90. The van der Waals surface area contributed by atoms with E-state index in [0.717, 1.165) is 16.8 Å². The largest absolute Gasteiger partial charge is 0.265 e. The Labute approximate surface area is 138 Å². The van der Waals surface area contributed by atoms with Crippen molar-refractivity contribution in [2.45, 2.75) is 13.0 Å². The average Bonchev–Trinajstić information content (AvgIpc) is 3.09. The van der Waals surface area contributed by atoms with Crippen LogP contribution in [0.4, 0.5) is 5.13 Å². The van der Waals surface area contributed by atoms with Crippen LogP contribution in [0.15, 0.2) is 64.4 Å². The van der Waals surface area contributed by atoms with Crippen LogP contribution in [0.2, 0.25) is 0 Å². The van der Waals surface area contributed by atoms with E-state index in [2.05, 4.69) is 26.3 Å². The van der Waals surface area contributed by atoms with Gasteiger partial charge in [0.25, 0.3) is 0 Å². The van der Waals surface area contributed by atoms with Crippen LogP contribution in [0.1, 0.15) is 24.1 Å². The lowest BCUT2D eigenvalue weighted by atomic mass is 10.1. The van der Waals surface area contributed by atoms with Crippen LogP contribution in [0, 0.1) is 11.3 Å². The van der Waals surface area contributed by atoms with E-state index in [1.807, 2.05) is 36.6 Å². The van der Waals surface area contributed by atoms with Crippen LogP contribution < -0.4 is 0 Å². The summed E-state index contributed by atoms with van der Waals surface area (Å²) in [6, 6.07) is 13.2. The monoisotopic (exact) mass is 319 g/mol. The summed E-state index contributed by atoms with van der Waals surface area (Å²) in [5, 5.41) is 19.9. The maximum atomic E-state index is 8.82. The molecular formula is C17H13N5S. The standard InChI is InChI=1S/C17H13N5S/c1-12(14-6-8-19-9-7-14)21-22-17-20-16(11-23-17)15-4-2-13(10-18)3-5-15/h2-9,11-12H,1H3. The molecule has 1 aromatic carbocycles. The van der Waals surface area contributed by atoms with E-state index in [1.165, 1.54) is 11.3 Å². The minimum atomic E-state index is -0.0414. The van der Waals surface area contributed by atoms with Crippen molar-refractivity contribution in [2.24, 2.45) is 10.2 Å². The Balaban J connectivity index is 1.74. The van der Waals surface area contributed by atoms with Crippen molar-refractivity contribution in [1.82, 2.24) is 9.97 Å². The van der Waals surface area contributed by atoms with E-state index in [-0.39, 0.29) is 6.04 Å². The van der Waals surface area contributed by atoms with Crippen molar-refractivity contribution < 1.29 is 0 Å². The topological polar surface area (TPSA) is 74.3 Å². The van der Waals surface area contributed by atoms with Crippen LogP contribution in [-0.4, -0.2) is 9.97 Å². The molecule has 3 rings (SSSR count). The molecule has 0 saturated carbocycles. The fraction of sp³-hybridized carbons (Fsp3) is 0.118. The summed E-state index contributed by atoms with van der Waals surface area (Å²) in [5.41, 5.74) is 3.50. The summed E-state index contributed by atoms with van der Waals surface area (Å²) in [7, 11) is 0. The Morgan fingerprint density at radius 2 is 1.87 bits per heavy atom. The first kappa shape index (κ1) is 15.0. The second-order valence-corrected chi connectivity index (χ2v) is 5.71. The van der Waals surface area contributed by atoms with Crippen LogP contribution in [0.25, 0.3) is 11.3 Å². The van der Waals surface area contributed by atoms with E-state index >= 15 is 0 Å². The normalized spacial score (nSPS) is 12.2. The van der Waals surface area contributed by atoms with Crippen molar-refractivity contribution in [3.8, 4) is 17.3 Å². The predicted octanol–water partition coefficient (Wildman–Crippen LogP) is 4.92. The maximum Gasteiger partial charge on any atom is 0.230 e. The number of nitriles is 1. The molecule has 3 aromatic rings. The van der Waals surface area contributed by atoms with Crippen molar-refractivity contribution >= 4 is 16.5 Å². The zero-order valence-electron chi connectivity index (χ0n) is 12.4. The van der Waals surface area contributed by atoms with Gasteiger partial charge in [0, 0.05) is 23.3 Å². The van der Waals surface area contributed by atoms with Gasteiger partial charge in [-0.15, -0.1) is 16.5 Å². The molecule has 2 aromatic heterocycles. The molecule has 23 heavy (non-hydrogen) atoms. The molecule has 2 heterocycles. The Hall–Kier alpha value is -2.91. The molecule has 0 aliphatic heterocycles. The fourth-order valence-corrected chi connectivity index (χ4v) is 2.65. The number of benzene rings is 1. The van der Waals surface area contributed by atoms with E-state index in [0.29, 0.717) is 10.7 Å². The van der Waals surface area contributed by atoms with Gasteiger partial charge in [-0.25, -0.2) is 4.98 Å². The zero-order valence-corrected chi connectivity index (χ0v) is 13.2. The molecule has 0 aliphatic rings. The number of pyridine rings is 1. The molecule has 0 bridgehead atoms. The highest BCUT2D eigenvalue weighted by molar-refractivity contribution is 7.13. The summed E-state index contributed by atoms with van der Waals surface area (Å²) in [6.45, 7) is 1.98. The van der Waals surface area contributed by atoms with Crippen molar-refractivity contribution in [2.75, 3.05) is 0 Å². The maximum absolute atomic E-state index is 8.82. The quantitative estimate of drug-likeness (QED) is 0.640. The van der Waals surface area contributed by atoms with E-state index in [4.69, 9.17) is 5.26 Å². The number of rotatable bonds is 4. The smallest absolute Gasteiger partial charge is 0.230 e. The molecule has 1 unspecified atom stereocenters. The summed E-state index contributed by atoms with van der Waals surface area (Å²) in [4.78, 5) is 8.46. The van der Waals surface area contributed by atoms with Gasteiger partial charge in [0.05, 0.1) is 23.4 Å². The van der Waals surface area contributed by atoms with E-state index < -0.39 is 0 Å². The average molecular weight is 319 g/mol. The summed E-state index contributed by atoms with van der Waals surface area (Å²) in [6.07, 6.45) is 3.49. The highest BCUT2D eigenvalue weighted by Gasteiger charge is 2.06. The van der Waals surface area contributed by atoms with Gasteiger partial charge in [0.2, 0.25) is 5.13 Å². The van der Waals surface area contributed by atoms with Gasteiger partial charge < -0.3 is 0 Å². The number of azo groups is 1. The first-order valence-electron chi connectivity index (χ1n) is 7.03. The molecule has 0 aliphatic carbocycles. The van der Waals surface area contributed by atoms with Crippen molar-refractivity contribution in [1.29, 1.82) is 5.26 Å². The third-order valence-corrected chi connectivity index (χ3v) is 4.03. The van der Waals surface area contributed by atoms with E-state index in [9.17, 15) is 0 Å². The first-order chi connectivity index (χ1) is 11.3. The lowest BCUT2D eigenvalue weighted by molar-refractivity contribution is 0.761. The second-order valence-electron chi connectivity index (χ2n) is 4.88. The van der Waals surface area contributed by atoms with Crippen molar-refractivity contribution in [3.63, 3.8) is 0 Å². The number of hydrogen-bond acceptors (Lipinski definition) is 6.